The summed E-state index contributed by atoms with van der Waals surface area (Å²) in [7, 11) is 1.63. The number of nitrogens with one attached hydrogen (secondary N) is 1. The van der Waals surface area contributed by atoms with E-state index in [0.29, 0.717) is 17.9 Å². The van der Waals surface area contributed by atoms with E-state index in [4.69, 9.17) is 14.3 Å². The number of carboxylic acids is 1. The van der Waals surface area contributed by atoms with Gasteiger partial charge >= 0.3 is 5.97 Å². The molecule has 0 bridgehead atoms. The third kappa shape index (κ3) is 2.93. The molecule has 0 fully saturated rings. The van der Waals surface area contributed by atoms with E-state index in [2.05, 4.69) is 5.32 Å². The van der Waals surface area contributed by atoms with Crippen molar-refractivity contribution in [2.75, 3.05) is 12.4 Å². The molecule has 0 unspecified atom stereocenters. The van der Waals surface area contributed by atoms with Crippen LogP contribution in [0.3, 0.4) is 0 Å². The highest BCUT2D eigenvalue weighted by Crippen LogP contribution is 2.22. The standard InChI is InChI=1S/C15H17NO4/c1-9-6-11(4-5-13(9)19-3)16-8-12-7-10(2)14(20-12)15(17)18/h4-7,16H,8H2,1-3H3,(H,17,18). The second-order valence-electron chi connectivity index (χ2n) is 4.57. The Balaban J connectivity index is 2.07. The van der Waals surface area contributed by atoms with Crippen LogP contribution in [0.4, 0.5) is 5.69 Å². The topological polar surface area (TPSA) is 71.7 Å². The van der Waals surface area contributed by atoms with Crippen LogP contribution in [0.5, 0.6) is 5.75 Å². The van der Waals surface area contributed by atoms with Crippen LogP contribution in [-0.4, -0.2) is 18.2 Å². The first-order chi connectivity index (χ1) is 9.51. The molecule has 1 aromatic heterocycles. The molecule has 1 heterocycles. The van der Waals surface area contributed by atoms with Crippen molar-refractivity contribution >= 4 is 11.7 Å². The van der Waals surface area contributed by atoms with Crippen molar-refractivity contribution in [3.8, 4) is 5.75 Å². The normalized spacial score (nSPS) is 10.3. The number of benzene rings is 1. The molecule has 0 saturated carbocycles. The van der Waals surface area contributed by atoms with Crippen molar-refractivity contribution in [2.24, 2.45) is 0 Å². The number of anilines is 1. The number of hydrogen-bond acceptors (Lipinski definition) is 4. The summed E-state index contributed by atoms with van der Waals surface area (Å²) in [5, 5.41) is 12.1. The highest BCUT2D eigenvalue weighted by Gasteiger charge is 2.14. The molecule has 0 aliphatic heterocycles. The van der Waals surface area contributed by atoms with Crippen LogP contribution >= 0.6 is 0 Å². The summed E-state index contributed by atoms with van der Waals surface area (Å²) in [6.07, 6.45) is 0. The van der Waals surface area contributed by atoms with Crippen LogP contribution in [0.25, 0.3) is 0 Å². The SMILES string of the molecule is COc1ccc(NCc2cc(C)c(C(=O)O)o2)cc1C. The molecule has 0 aliphatic rings. The van der Waals surface area contributed by atoms with Crippen LogP contribution in [0.2, 0.25) is 0 Å². The van der Waals surface area contributed by atoms with E-state index in [1.165, 1.54) is 0 Å². The van der Waals surface area contributed by atoms with Gasteiger partial charge in [-0.2, -0.15) is 0 Å². The lowest BCUT2D eigenvalue weighted by atomic mass is 10.2. The lowest BCUT2D eigenvalue weighted by Crippen LogP contribution is -1.99. The number of aryl methyl sites for hydroxylation is 2. The number of hydrogen-bond donors (Lipinski definition) is 2. The molecule has 20 heavy (non-hydrogen) atoms. The second-order valence-corrected chi connectivity index (χ2v) is 4.57. The van der Waals surface area contributed by atoms with E-state index in [-0.39, 0.29) is 5.76 Å². The number of furan rings is 1. The monoisotopic (exact) mass is 275 g/mol. The molecule has 5 nitrogen and oxygen atoms in total. The van der Waals surface area contributed by atoms with Gasteiger partial charge in [-0.3, -0.25) is 0 Å². The smallest absolute Gasteiger partial charge is 0.372 e. The Kier molecular flexibility index (Phi) is 3.98. The first-order valence-electron chi connectivity index (χ1n) is 6.22. The Morgan fingerprint density at radius 1 is 1.30 bits per heavy atom. The number of methoxy groups -OCH3 is 1. The summed E-state index contributed by atoms with van der Waals surface area (Å²) >= 11 is 0. The zero-order chi connectivity index (χ0) is 14.7. The van der Waals surface area contributed by atoms with Gasteiger partial charge in [0.2, 0.25) is 5.76 Å². The second kappa shape index (κ2) is 5.69. The van der Waals surface area contributed by atoms with Crippen molar-refractivity contribution in [2.45, 2.75) is 20.4 Å². The van der Waals surface area contributed by atoms with Gasteiger partial charge in [-0.25, -0.2) is 4.79 Å². The quantitative estimate of drug-likeness (QED) is 0.876. The van der Waals surface area contributed by atoms with E-state index >= 15 is 0 Å². The Morgan fingerprint density at radius 2 is 2.05 bits per heavy atom. The van der Waals surface area contributed by atoms with Gasteiger partial charge in [-0.05, 0) is 43.7 Å². The summed E-state index contributed by atoms with van der Waals surface area (Å²) in [6, 6.07) is 7.48. The molecule has 5 heteroatoms. The van der Waals surface area contributed by atoms with E-state index in [9.17, 15) is 4.79 Å². The van der Waals surface area contributed by atoms with Crippen LogP contribution < -0.4 is 10.1 Å². The first kappa shape index (κ1) is 14.0. The van der Waals surface area contributed by atoms with Crippen molar-refractivity contribution in [3.05, 3.63) is 46.9 Å². The highest BCUT2D eigenvalue weighted by molar-refractivity contribution is 5.86. The Bertz CT molecular complexity index is 631. The Morgan fingerprint density at radius 3 is 2.60 bits per heavy atom. The molecule has 2 rings (SSSR count). The number of aromatic carboxylic acids is 1. The van der Waals surface area contributed by atoms with Gasteiger partial charge in [0, 0.05) is 11.3 Å². The minimum Gasteiger partial charge on any atom is -0.496 e. The van der Waals surface area contributed by atoms with Crippen molar-refractivity contribution < 1.29 is 19.1 Å². The van der Waals surface area contributed by atoms with Crippen molar-refractivity contribution in [1.82, 2.24) is 0 Å². The molecule has 2 aromatic rings. The predicted octanol–water partition coefficient (Wildman–Crippen LogP) is 3.22. The lowest BCUT2D eigenvalue weighted by Gasteiger charge is -2.08. The van der Waals surface area contributed by atoms with Gasteiger partial charge in [-0.15, -0.1) is 0 Å². The third-order valence-electron chi connectivity index (χ3n) is 3.02. The molecule has 0 aliphatic carbocycles. The van der Waals surface area contributed by atoms with Crippen molar-refractivity contribution in [1.29, 1.82) is 0 Å². The van der Waals surface area contributed by atoms with E-state index in [0.717, 1.165) is 17.0 Å². The van der Waals surface area contributed by atoms with Crippen LogP contribution in [0.15, 0.2) is 28.7 Å². The van der Waals surface area contributed by atoms with Gasteiger partial charge in [-0.1, -0.05) is 0 Å². The van der Waals surface area contributed by atoms with E-state index < -0.39 is 5.97 Å². The van der Waals surface area contributed by atoms with Gasteiger partial charge in [0.25, 0.3) is 0 Å². The minimum atomic E-state index is -1.05. The van der Waals surface area contributed by atoms with Gasteiger partial charge in [0.1, 0.15) is 11.5 Å². The molecule has 0 saturated heterocycles. The van der Waals surface area contributed by atoms with Crippen molar-refractivity contribution in [3.63, 3.8) is 0 Å². The minimum absolute atomic E-state index is 0.00675. The maximum Gasteiger partial charge on any atom is 0.372 e. The summed E-state index contributed by atoms with van der Waals surface area (Å²) in [5.41, 5.74) is 2.58. The lowest BCUT2D eigenvalue weighted by molar-refractivity contribution is 0.0659. The zero-order valence-corrected chi connectivity index (χ0v) is 11.7. The number of carboxylic acid groups (broad SMARTS) is 1. The summed E-state index contributed by atoms with van der Waals surface area (Å²) < 4.78 is 10.5. The third-order valence-corrected chi connectivity index (χ3v) is 3.02. The predicted molar refractivity (Wildman–Crippen MR) is 75.5 cm³/mol. The summed E-state index contributed by atoms with van der Waals surface area (Å²) in [5.74, 6) is 0.368. The largest absolute Gasteiger partial charge is 0.496 e. The fourth-order valence-electron chi connectivity index (χ4n) is 2.03. The molecule has 1 aromatic carbocycles. The maximum absolute atomic E-state index is 10.9. The van der Waals surface area contributed by atoms with Gasteiger partial charge in [0.05, 0.1) is 13.7 Å². The molecule has 0 amide bonds. The average molecular weight is 275 g/mol. The molecule has 2 N–H and O–H groups in total. The van der Waals surface area contributed by atoms with Crippen LogP contribution in [-0.2, 0) is 6.54 Å². The molecular formula is C15H17NO4. The first-order valence-corrected chi connectivity index (χ1v) is 6.22. The molecule has 0 radical (unpaired) electrons. The Hall–Kier alpha value is -2.43. The fourth-order valence-corrected chi connectivity index (χ4v) is 2.03. The van der Waals surface area contributed by atoms with Crippen LogP contribution in [0.1, 0.15) is 27.4 Å². The zero-order valence-electron chi connectivity index (χ0n) is 11.7. The van der Waals surface area contributed by atoms with Gasteiger partial charge < -0.3 is 19.6 Å². The van der Waals surface area contributed by atoms with Crippen LogP contribution in [0, 0.1) is 13.8 Å². The summed E-state index contributed by atoms with van der Waals surface area (Å²) in [6.45, 7) is 4.11. The molecule has 106 valence electrons. The van der Waals surface area contributed by atoms with Gasteiger partial charge in [0.15, 0.2) is 0 Å². The summed E-state index contributed by atoms with van der Waals surface area (Å²) in [4.78, 5) is 10.9. The maximum atomic E-state index is 10.9. The van der Waals surface area contributed by atoms with E-state index in [1.807, 2.05) is 25.1 Å². The van der Waals surface area contributed by atoms with E-state index in [1.54, 1.807) is 20.1 Å². The fraction of sp³-hybridized carbons (Fsp3) is 0.267. The molecule has 0 spiro atoms. The Labute approximate surface area is 117 Å². The molecular weight excluding hydrogens is 258 g/mol. The average Bonchev–Trinajstić information content (AvgIpc) is 2.78. The number of rotatable bonds is 5. The number of carbonyl (C=O) groups is 1. The highest BCUT2D eigenvalue weighted by atomic mass is 16.5. The number of ether oxygens (including phenoxy) is 1. The molecule has 0 atom stereocenters.